The van der Waals surface area contributed by atoms with Crippen LogP contribution in [-0.2, 0) is 14.3 Å². The molecule has 0 aliphatic heterocycles. The van der Waals surface area contributed by atoms with Crippen molar-refractivity contribution >= 4 is 17.9 Å². The summed E-state index contributed by atoms with van der Waals surface area (Å²) in [6.07, 6.45) is 5.62. The first-order chi connectivity index (χ1) is 15.1. The number of hydrogen-bond donors (Lipinski definition) is 2. The van der Waals surface area contributed by atoms with Crippen molar-refractivity contribution in [3.63, 3.8) is 0 Å². The Labute approximate surface area is 198 Å². The number of carbonyl (C=O) groups is 3. The molecule has 1 aromatic carbocycles. The summed E-state index contributed by atoms with van der Waals surface area (Å²) in [5.74, 6) is 1.87. The van der Waals surface area contributed by atoms with Gasteiger partial charge in [0.25, 0.3) is 0 Å². The molecule has 7 nitrogen and oxygen atoms in total. The molecule has 0 spiro atoms. The molecule has 0 aromatic heterocycles. The van der Waals surface area contributed by atoms with Gasteiger partial charge in [0.1, 0.15) is 17.7 Å². The largest absolute Gasteiger partial charge is 0.444 e. The number of nitrogens with zero attached hydrogens (tertiary/aromatic N) is 1. The van der Waals surface area contributed by atoms with E-state index in [2.05, 4.69) is 16.6 Å². The normalized spacial score (nSPS) is 14.3. The van der Waals surface area contributed by atoms with E-state index in [4.69, 9.17) is 11.2 Å². The van der Waals surface area contributed by atoms with E-state index >= 15 is 0 Å². The van der Waals surface area contributed by atoms with Gasteiger partial charge >= 0.3 is 6.09 Å². The van der Waals surface area contributed by atoms with Gasteiger partial charge in [-0.15, -0.1) is 6.42 Å². The minimum atomic E-state index is -0.971. The van der Waals surface area contributed by atoms with Gasteiger partial charge in [-0.05, 0) is 73.4 Å². The van der Waals surface area contributed by atoms with Crippen molar-refractivity contribution in [1.29, 1.82) is 0 Å². The quantitative estimate of drug-likeness (QED) is 0.602. The number of alkyl carbamates (subject to hydrolysis) is 1. The Morgan fingerprint density at radius 2 is 1.67 bits per heavy atom. The molecule has 182 valence electrons. The molecule has 3 unspecified atom stereocenters. The van der Waals surface area contributed by atoms with Crippen LogP contribution in [0.15, 0.2) is 24.3 Å². The number of amides is 3. The minimum absolute atomic E-state index is 0.304. The molecule has 0 saturated carbocycles. The van der Waals surface area contributed by atoms with Gasteiger partial charge in [-0.25, -0.2) is 4.79 Å². The predicted octanol–water partition coefficient (Wildman–Crippen LogP) is 4.16. The predicted molar refractivity (Wildman–Crippen MR) is 130 cm³/mol. The van der Waals surface area contributed by atoms with Crippen molar-refractivity contribution < 1.29 is 19.1 Å². The zero-order valence-corrected chi connectivity index (χ0v) is 21.4. The fourth-order valence-electron chi connectivity index (χ4n) is 3.29. The molecule has 0 heterocycles. The second-order valence-corrected chi connectivity index (χ2v) is 10.2. The van der Waals surface area contributed by atoms with Gasteiger partial charge in [-0.1, -0.05) is 31.0 Å². The van der Waals surface area contributed by atoms with E-state index in [0.29, 0.717) is 17.5 Å². The third-order valence-corrected chi connectivity index (χ3v) is 4.86. The van der Waals surface area contributed by atoms with Crippen LogP contribution < -0.4 is 10.6 Å². The summed E-state index contributed by atoms with van der Waals surface area (Å²) in [6.45, 7) is 16.2. The van der Waals surface area contributed by atoms with Gasteiger partial charge in [0, 0.05) is 17.1 Å². The first kappa shape index (κ1) is 28.0. The highest BCUT2D eigenvalue weighted by Gasteiger charge is 2.38. The van der Waals surface area contributed by atoms with Gasteiger partial charge < -0.3 is 20.3 Å². The molecular formula is C26H39N3O4. The average Bonchev–Trinajstić information content (AvgIpc) is 2.67. The molecule has 7 heteroatoms. The van der Waals surface area contributed by atoms with Gasteiger partial charge in [0.05, 0.1) is 0 Å². The molecule has 0 aliphatic carbocycles. The van der Waals surface area contributed by atoms with E-state index in [1.165, 1.54) is 4.90 Å². The lowest BCUT2D eigenvalue weighted by Crippen LogP contribution is -2.56. The lowest BCUT2D eigenvalue weighted by atomic mass is 9.95. The Hall–Kier alpha value is -3.01. The van der Waals surface area contributed by atoms with Crippen molar-refractivity contribution in [2.24, 2.45) is 0 Å². The van der Waals surface area contributed by atoms with Crippen molar-refractivity contribution in [3.05, 3.63) is 35.4 Å². The number of benzene rings is 1. The number of hydrogen-bond acceptors (Lipinski definition) is 4. The maximum atomic E-state index is 13.7. The molecule has 0 bridgehead atoms. The summed E-state index contributed by atoms with van der Waals surface area (Å²) in [6, 6.07) is 4.89. The molecule has 0 aliphatic rings. The molecule has 0 saturated heterocycles. The van der Waals surface area contributed by atoms with Crippen LogP contribution in [0.1, 0.15) is 85.9 Å². The van der Waals surface area contributed by atoms with Crippen LogP contribution in [-0.4, -0.2) is 46.0 Å². The van der Waals surface area contributed by atoms with E-state index < -0.39 is 35.2 Å². The third-order valence-electron chi connectivity index (χ3n) is 4.86. The molecule has 1 aromatic rings. The summed E-state index contributed by atoms with van der Waals surface area (Å²) in [5.41, 5.74) is -0.144. The van der Waals surface area contributed by atoms with Crippen molar-refractivity contribution in [3.8, 4) is 12.3 Å². The Bertz CT molecular complexity index is 890. The highest BCUT2D eigenvalue weighted by molar-refractivity contribution is 5.92. The van der Waals surface area contributed by atoms with E-state index in [-0.39, 0.29) is 11.9 Å². The summed E-state index contributed by atoms with van der Waals surface area (Å²) in [5, 5.41) is 5.57. The Balaban J connectivity index is 3.49. The van der Waals surface area contributed by atoms with Crippen LogP contribution in [0.2, 0.25) is 0 Å². The highest BCUT2D eigenvalue weighted by atomic mass is 16.6. The topological polar surface area (TPSA) is 87.7 Å². The molecule has 0 fully saturated rings. The maximum Gasteiger partial charge on any atom is 0.408 e. The average molecular weight is 458 g/mol. The standard InChI is InChI=1S/C26H39N3O4/c1-11-17(3)29(23(31)18(4)27-24(32)33-26(8,9)10)21(22(30)28-25(5,6)7)20-16-14-13-15-19(20)12-2/h2,13-18,21H,11H2,1,3-10H3,(H,27,32)(H,28,30). The molecule has 33 heavy (non-hydrogen) atoms. The maximum absolute atomic E-state index is 13.7. The van der Waals surface area contributed by atoms with Gasteiger partial charge in [-0.3, -0.25) is 9.59 Å². The van der Waals surface area contributed by atoms with Gasteiger partial charge in [-0.2, -0.15) is 0 Å². The fraction of sp³-hybridized carbons (Fsp3) is 0.577. The minimum Gasteiger partial charge on any atom is -0.444 e. The number of carbonyl (C=O) groups excluding carboxylic acids is 3. The van der Waals surface area contributed by atoms with Crippen molar-refractivity contribution in [2.45, 2.75) is 98.0 Å². The van der Waals surface area contributed by atoms with E-state index in [1.807, 2.05) is 34.6 Å². The zero-order chi connectivity index (χ0) is 25.6. The Morgan fingerprint density at radius 1 is 1.09 bits per heavy atom. The molecule has 1 rings (SSSR count). The van der Waals surface area contributed by atoms with Crippen LogP contribution in [0.3, 0.4) is 0 Å². The number of ether oxygens (including phenoxy) is 1. The Morgan fingerprint density at radius 3 is 2.15 bits per heavy atom. The summed E-state index contributed by atoms with van der Waals surface area (Å²) >= 11 is 0. The zero-order valence-electron chi connectivity index (χ0n) is 21.4. The van der Waals surface area contributed by atoms with Gasteiger partial charge in [0.2, 0.25) is 11.8 Å². The van der Waals surface area contributed by atoms with E-state index in [0.717, 1.165) is 0 Å². The number of rotatable bonds is 7. The lowest BCUT2D eigenvalue weighted by molar-refractivity contribution is -0.145. The second-order valence-electron chi connectivity index (χ2n) is 10.2. The smallest absolute Gasteiger partial charge is 0.408 e. The number of nitrogens with one attached hydrogen (secondary N) is 2. The van der Waals surface area contributed by atoms with Crippen LogP contribution in [0.25, 0.3) is 0 Å². The molecule has 2 N–H and O–H groups in total. The van der Waals surface area contributed by atoms with Crippen LogP contribution in [0, 0.1) is 12.3 Å². The summed E-state index contributed by atoms with van der Waals surface area (Å²) in [7, 11) is 0. The third kappa shape index (κ3) is 8.45. The van der Waals surface area contributed by atoms with Crippen LogP contribution in [0.4, 0.5) is 4.79 Å². The van der Waals surface area contributed by atoms with Crippen molar-refractivity contribution in [2.75, 3.05) is 0 Å². The second kappa shape index (κ2) is 11.2. The lowest BCUT2D eigenvalue weighted by Gasteiger charge is -2.39. The van der Waals surface area contributed by atoms with Crippen LogP contribution >= 0.6 is 0 Å². The SMILES string of the molecule is C#Cc1ccccc1C(C(=O)NC(C)(C)C)N(C(=O)C(C)NC(=O)OC(C)(C)C)C(C)CC. The molecular weight excluding hydrogens is 418 g/mol. The van der Waals surface area contributed by atoms with Crippen molar-refractivity contribution in [1.82, 2.24) is 15.5 Å². The first-order valence-electron chi connectivity index (χ1n) is 11.3. The molecule has 3 amide bonds. The Kier molecular flexibility index (Phi) is 9.53. The van der Waals surface area contributed by atoms with E-state index in [9.17, 15) is 14.4 Å². The summed E-state index contributed by atoms with van der Waals surface area (Å²) in [4.78, 5) is 41.0. The highest BCUT2D eigenvalue weighted by Crippen LogP contribution is 2.29. The molecule has 3 atom stereocenters. The van der Waals surface area contributed by atoms with Crippen LogP contribution in [0.5, 0.6) is 0 Å². The van der Waals surface area contributed by atoms with E-state index in [1.54, 1.807) is 52.0 Å². The summed E-state index contributed by atoms with van der Waals surface area (Å²) < 4.78 is 5.29. The fourth-order valence-corrected chi connectivity index (χ4v) is 3.29. The first-order valence-corrected chi connectivity index (χ1v) is 11.3. The monoisotopic (exact) mass is 457 g/mol. The van der Waals surface area contributed by atoms with Gasteiger partial charge in [0.15, 0.2) is 0 Å². The number of terminal acetylenes is 1. The molecule has 0 radical (unpaired) electrons.